The van der Waals surface area contributed by atoms with Crippen LogP contribution in [0.1, 0.15) is 23.0 Å². The van der Waals surface area contributed by atoms with Crippen LogP contribution in [-0.4, -0.2) is 34.9 Å². The van der Waals surface area contributed by atoms with Crippen molar-refractivity contribution in [3.8, 4) is 17.1 Å². The maximum atomic E-state index is 12.3. The van der Waals surface area contributed by atoms with Crippen LogP contribution in [0.25, 0.3) is 11.4 Å². The van der Waals surface area contributed by atoms with Gasteiger partial charge in [-0.05, 0) is 38.1 Å². The summed E-state index contributed by atoms with van der Waals surface area (Å²) in [6.45, 7) is 4.01. The van der Waals surface area contributed by atoms with Crippen LogP contribution in [0.5, 0.6) is 5.75 Å². The Hall–Kier alpha value is -2.93. The zero-order valence-electron chi connectivity index (χ0n) is 15.3. The lowest BCUT2D eigenvalue weighted by atomic mass is 10.1. The molecule has 0 saturated heterocycles. The van der Waals surface area contributed by atoms with E-state index in [1.54, 1.807) is 14.0 Å². The summed E-state index contributed by atoms with van der Waals surface area (Å²) in [5.41, 5.74) is 2.08. The van der Waals surface area contributed by atoms with E-state index >= 15 is 0 Å². The molecule has 0 aliphatic carbocycles. The van der Waals surface area contributed by atoms with E-state index in [0.717, 1.165) is 21.8 Å². The summed E-state index contributed by atoms with van der Waals surface area (Å²) in [5.74, 6) is 0.675. The number of carbonyl (C=O) groups excluding carboxylic acids is 1. The molecule has 1 heterocycles. The molecule has 0 amide bonds. The maximum Gasteiger partial charge on any atom is 0.361 e. The Bertz CT molecular complexity index is 928. The van der Waals surface area contributed by atoms with Crippen molar-refractivity contribution in [2.75, 3.05) is 13.7 Å². The third-order valence-electron chi connectivity index (χ3n) is 3.71. The number of esters is 1. The molecule has 0 saturated carbocycles. The Balaban J connectivity index is 1.98. The number of hydrogen-bond donors (Lipinski definition) is 0. The molecule has 27 heavy (non-hydrogen) atoms. The van der Waals surface area contributed by atoms with Gasteiger partial charge in [0.25, 0.3) is 0 Å². The smallest absolute Gasteiger partial charge is 0.361 e. The zero-order chi connectivity index (χ0) is 19.2. The predicted molar refractivity (Wildman–Crippen MR) is 103 cm³/mol. The van der Waals surface area contributed by atoms with Gasteiger partial charge in [-0.2, -0.15) is 0 Å². The standard InChI is InChI=1S/C20H19N3O3S/c1-4-26-20(24)17-19(27-16-11-9-15(25-3)10-12-16)21-18(23-22-17)14-7-5-13(2)6-8-14/h5-12H,4H2,1-3H3. The Labute approximate surface area is 162 Å². The molecule has 2 aromatic carbocycles. The van der Waals surface area contributed by atoms with Crippen molar-refractivity contribution in [1.29, 1.82) is 0 Å². The van der Waals surface area contributed by atoms with Crippen molar-refractivity contribution in [2.45, 2.75) is 23.8 Å². The van der Waals surface area contributed by atoms with E-state index in [9.17, 15) is 4.79 Å². The first-order valence-corrected chi connectivity index (χ1v) is 9.23. The number of hydrogen-bond acceptors (Lipinski definition) is 7. The third kappa shape index (κ3) is 4.62. The summed E-state index contributed by atoms with van der Waals surface area (Å²) in [6, 6.07) is 15.3. The summed E-state index contributed by atoms with van der Waals surface area (Å²) in [6.07, 6.45) is 0. The summed E-state index contributed by atoms with van der Waals surface area (Å²) < 4.78 is 10.3. The number of aryl methyl sites for hydroxylation is 1. The average molecular weight is 381 g/mol. The SMILES string of the molecule is CCOC(=O)c1nnc(-c2ccc(C)cc2)nc1Sc1ccc(OC)cc1. The molecular weight excluding hydrogens is 362 g/mol. The predicted octanol–water partition coefficient (Wildman–Crippen LogP) is 4.18. The van der Waals surface area contributed by atoms with E-state index in [-0.39, 0.29) is 12.3 Å². The molecule has 0 aliphatic rings. The Morgan fingerprint density at radius 1 is 1.04 bits per heavy atom. The Morgan fingerprint density at radius 2 is 1.74 bits per heavy atom. The fourth-order valence-electron chi connectivity index (χ4n) is 2.29. The molecule has 3 rings (SSSR count). The second-order valence-corrected chi connectivity index (χ2v) is 6.72. The minimum atomic E-state index is -0.538. The van der Waals surface area contributed by atoms with E-state index in [0.29, 0.717) is 10.9 Å². The molecular formula is C20H19N3O3S. The molecule has 0 radical (unpaired) electrons. The van der Waals surface area contributed by atoms with Crippen LogP contribution >= 0.6 is 11.8 Å². The fourth-order valence-corrected chi connectivity index (χ4v) is 3.14. The van der Waals surface area contributed by atoms with Crippen molar-refractivity contribution in [1.82, 2.24) is 15.2 Å². The second-order valence-electron chi connectivity index (χ2n) is 5.65. The van der Waals surface area contributed by atoms with E-state index < -0.39 is 5.97 Å². The molecule has 0 N–H and O–H groups in total. The van der Waals surface area contributed by atoms with E-state index in [1.165, 1.54) is 11.8 Å². The highest BCUT2D eigenvalue weighted by molar-refractivity contribution is 7.99. The van der Waals surface area contributed by atoms with Gasteiger partial charge < -0.3 is 9.47 Å². The van der Waals surface area contributed by atoms with Crippen LogP contribution in [0, 0.1) is 6.92 Å². The van der Waals surface area contributed by atoms with Crippen LogP contribution in [0.2, 0.25) is 0 Å². The van der Waals surface area contributed by atoms with Gasteiger partial charge >= 0.3 is 5.97 Å². The lowest BCUT2D eigenvalue weighted by Gasteiger charge is -2.09. The highest BCUT2D eigenvalue weighted by atomic mass is 32.2. The monoisotopic (exact) mass is 381 g/mol. The first-order valence-electron chi connectivity index (χ1n) is 8.41. The van der Waals surface area contributed by atoms with Crippen molar-refractivity contribution in [3.05, 3.63) is 59.8 Å². The van der Waals surface area contributed by atoms with Gasteiger partial charge in [0.15, 0.2) is 5.82 Å². The molecule has 0 fully saturated rings. The van der Waals surface area contributed by atoms with Gasteiger partial charge in [0.05, 0.1) is 13.7 Å². The molecule has 7 heteroatoms. The van der Waals surface area contributed by atoms with Gasteiger partial charge in [0.1, 0.15) is 10.8 Å². The van der Waals surface area contributed by atoms with Crippen LogP contribution in [0.3, 0.4) is 0 Å². The van der Waals surface area contributed by atoms with Crippen LogP contribution < -0.4 is 4.74 Å². The van der Waals surface area contributed by atoms with Crippen molar-refractivity contribution in [3.63, 3.8) is 0 Å². The summed E-state index contributed by atoms with van der Waals surface area (Å²) >= 11 is 1.33. The highest BCUT2D eigenvalue weighted by Crippen LogP contribution is 2.31. The van der Waals surface area contributed by atoms with Gasteiger partial charge in [-0.25, -0.2) is 9.78 Å². The number of ether oxygens (including phenoxy) is 2. The van der Waals surface area contributed by atoms with Crippen molar-refractivity contribution >= 4 is 17.7 Å². The van der Waals surface area contributed by atoms with Gasteiger partial charge in [0.2, 0.25) is 5.69 Å². The first kappa shape index (κ1) is 18.8. The van der Waals surface area contributed by atoms with Gasteiger partial charge in [0, 0.05) is 10.5 Å². The van der Waals surface area contributed by atoms with Crippen LogP contribution in [0.4, 0.5) is 0 Å². The molecule has 0 atom stereocenters. The van der Waals surface area contributed by atoms with Gasteiger partial charge in [-0.1, -0.05) is 41.6 Å². The summed E-state index contributed by atoms with van der Waals surface area (Å²) in [4.78, 5) is 17.7. The molecule has 0 spiro atoms. The van der Waals surface area contributed by atoms with E-state index in [4.69, 9.17) is 9.47 Å². The molecule has 0 bridgehead atoms. The summed E-state index contributed by atoms with van der Waals surface area (Å²) in [5, 5.41) is 8.66. The number of benzene rings is 2. The topological polar surface area (TPSA) is 74.2 Å². The lowest BCUT2D eigenvalue weighted by molar-refractivity contribution is 0.0512. The highest BCUT2D eigenvalue weighted by Gasteiger charge is 2.20. The van der Waals surface area contributed by atoms with E-state index in [2.05, 4.69) is 15.2 Å². The third-order valence-corrected chi connectivity index (χ3v) is 4.69. The zero-order valence-corrected chi connectivity index (χ0v) is 16.1. The second kappa shape index (κ2) is 8.64. The maximum absolute atomic E-state index is 12.3. The van der Waals surface area contributed by atoms with Gasteiger partial charge in [-0.3, -0.25) is 0 Å². The molecule has 138 valence electrons. The van der Waals surface area contributed by atoms with E-state index in [1.807, 2.05) is 55.5 Å². The minimum Gasteiger partial charge on any atom is -0.497 e. The number of rotatable bonds is 6. The molecule has 3 aromatic rings. The minimum absolute atomic E-state index is 0.105. The largest absolute Gasteiger partial charge is 0.497 e. The fraction of sp³-hybridized carbons (Fsp3) is 0.200. The van der Waals surface area contributed by atoms with Crippen molar-refractivity contribution in [2.24, 2.45) is 0 Å². The number of nitrogens with zero attached hydrogens (tertiary/aromatic N) is 3. The van der Waals surface area contributed by atoms with Gasteiger partial charge in [-0.15, -0.1) is 10.2 Å². The Morgan fingerprint density at radius 3 is 2.37 bits per heavy atom. The average Bonchev–Trinajstić information content (AvgIpc) is 2.69. The first-order chi connectivity index (χ1) is 13.1. The van der Waals surface area contributed by atoms with Crippen LogP contribution in [0.15, 0.2) is 58.5 Å². The number of methoxy groups -OCH3 is 1. The van der Waals surface area contributed by atoms with Crippen LogP contribution in [-0.2, 0) is 4.74 Å². The molecule has 1 aromatic heterocycles. The summed E-state index contributed by atoms with van der Waals surface area (Å²) in [7, 11) is 1.61. The van der Waals surface area contributed by atoms with Crippen molar-refractivity contribution < 1.29 is 14.3 Å². The number of carbonyl (C=O) groups is 1. The Kier molecular flexibility index (Phi) is 6.03. The quantitative estimate of drug-likeness (QED) is 0.593. The lowest BCUT2D eigenvalue weighted by Crippen LogP contribution is -2.12. The number of aromatic nitrogens is 3. The molecule has 6 nitrogen and oxygen atoms in total. The normalized spacial score (nSPS) is 10.5. The molecule has 0 unspecified atom stereocenters. The molecule has 0 aliphatic heterocycles.